The van der Waals surface area contributed by atoms with Crippen LogP contribution in [0.25, 0.3) is 0 Å². The quantitative estimate of drug-likeness (QED) is 0.791. The van der Waals surface area contributed by atoms with E-state index < -0.39 is 0 Å². The molecular weight excluding hydrogens is 238 g/mol. The molecule has 2 fully saturated rings. The van der Waals surface area contributed by atoms with E-state index in [9.17, 15) is 4.79 Å². The maximum absolute atomic E-state index is 11.9. The smallest absolute Gasteiger partial charge is 0.239 e. The van der Waals surface area contributed by atoms with Crippen molar-refractivity contribution in [1.82, 2.24) is 15.1 Å². The highest BCUT2D eigenvalue weighted by atomic mass is 16.2. The fraction of sp³-hybridized carbons (Fsp3) is 0.933. The summed E-state index contributed by atoms with van der Waals surface area (Å²) in [7, 11) is 3.68. The summed E-state index contributed by atoms with van der Waals surface area (Å²) in [4.78, 5) is 16.2. The Kier molecular flexibility index (Phi) is 4.85. The number of carbonyl (C=O) groups excluding carboxylic acids is 1. The number of hydrogen-bond donors (Lipinski definition) is 1. The first-order valence-corrected chi connectivity index (χ1v) is 7.72. The summed E-state index contributed by atoms with van der Waals surface area (Å²) in [5.41, 5.74) is 0. The molecule has 2 unspecified atom stereocenters. The molecule has 1 saturated heterocycles. The van der Waals surface area contributed by atoms with E-state index in [1.54, 1.807) is 4.90 Å². The number of amides is 1. The standard InChI is InChI=1S/C15H29N3O/c1-11(2)18(13-6-7-13)10-9-12-5-8-14(16-12)15(19)17(3)4/h11-14,16H,5-10H2,1-4H3. The minimum Gasteiger partial charge on any atom is -0.347 e. The molecule has 2 rings (SSSR count). The molecule has 1 aliphatic carbocycles. The van der Waals surface area contributed by atoms with Crippen LogP contribution in [0, 0.1) is 0 Å². The average Bonchev–Trinajstić information content (AvgIpc) is 3.06. The van der Waals surface area contributed by atoms with E-state index >= 15 is 0 Å². The van der Waals surface area contributed by atoms with Crippen LogP contribution in [0.2, 0.25) is 0 Å². The van der Waals surface area contributed by atoms with Gasteiger partial charge in [-0.15, -0.1) is 0 Å². The third-order valence-corrected chi connectivity index (χ3v) is 4.39. The molecule has 0 spiro atoms. The van der Waals surface area contributed by atoms with E-state index in [0.717, 1.165) is 18.9 Å². The predicted molar refractivity (Wildman–Crippen MR) is 78.1 cm³/mol. The average molecular weight is 267 g/mol. The number of carbonyl (C=O) groups is 1. The van der Waals surface area contributed by atoms with Gasteiger partial charge in [0, 0.05) is 38.8 Å². The summed E-state index contributed by atoms with van der Waals surface area (Å²) < 4.78 is 0. The van der Waals surface area contributed by atoms with Gasteiger partial charge < -0.3 is 10.2 Å². The number of likely N-dealkylation sites (N-methyl/N-ethyl adjacent to an activating group) is 1. The number of nitrogens with one attached hydrogen (secondary N) is 1. The molecule has 1 amide bonds. The van der Waals surface area contributed by atoms with Crippen molar-refractivity contribution in [1.29, 1.82) is 0 Å². The van der Waals surface area contributed by atoms with Crippen LogP contribution in [0.5, 0.6) is 0 Å². The molecule has 0 aromatic heterocycles. The fourth-order valence-corrected chi connectivity index (χ4v) is 3.13. The summed E-state index contributed by atoms with van der Waals surface area (Å²) in [6.07, 6.45) is 6.05. The molecule has 1 N–H and O–H groups in total. The van der Waals surface area contributed by atoms with E-state index in [1.165, 1.54) is 25.8 Å². The van der Waals surface area contributed by atoms with Gasteiger partial charge in [-0.1, -0.05) is 0 Å². The first-order valence-electron chi connectivity index (χ1n) is 7.72. The van der Waals surface area contributed by atoms with Crippen molar-refractivity contribution in [3.05, 3.63) is 0 Å². The van der Waals surface area contributed by atoms with E-state index in [1.807, 2.05) is 14.1 Å². The Morgan fingerprint density at radius 1 is 1.21 bits per heavy atom. The number of hydrogen-bond acceptors (Lipinski definition) is 3. The summed E-state index contributed by atoms with van der Waals surface area (Å²) in [5.74, 6) is 0.227. The van der Waals surface area contributed by atoms with Gasteiger partial charge in [-0.3, -0.25) is 9.69 Å². The van der Waals surface area contributed by atoms with Gasteiger partial charge in [-0.2, -0.15) is 0 Å². The minimum absolute atomic E-state index is 0.0495. The summed E-state index contributed by atoms with van der Waals surface area (Å²) in [5, 5.41) is 3.51. The van der Waals surface area contributed by atoms with Crippen LogP contribution >= 0.6 is 0 Å². The maximum Gasteiger partial charge on any atom is 0.239 e. The zero-order chi connectivity index (χ0) is 14.0. The van der Waals surface area contributed by atoms with Gasteiger partial charge in [0.15, 0.2) is 0 Å². The summed E-state index contributed by atoms with van der Waals surface area (Å²) in [6, 6.07) is 2.05. The van der Waals surface area contributed by atoms with E-state index in [4.69, 9.17) is 0 Å². The minimum atomic E-state index is 0.0495. The van der Waals surface area contributed by atoms with Gasteiger partial charge in [-0.05, 0) is 46.0 Å². The lowest BCUT2D eigenvalue weighted by atomic mass is 10.1. The van der Waals surface area contributed by atoms with Gasteiger partial charge in [-0.25, -0.2) is 0 Å². The third kappa shape index (κ3) is 3.93. The number of rotatable bonds is 6. The molecule has 4 heteroatoms. The first-order chi connectivity index (χ1) is 8.99. The van der Waals surface area contributed by atoms with Crippen molar-refractivity contribution >= 4 is 5.91 Å². The van der Waals surface area contributed by atoms with Gasteiger partial charge in [0.05, 0.1) is 6.04 Å². The van der Waals surface area contributed by atoms with E-state index in [-0.39, 0.29) is 11.9 Å². The van der Waals surface area contributed by atoms with Crippen molar-refractivity contribution in [3.63, 3.8) is 0 Å². The molecule has 0 aromatic carbocycles. The molecule has 0 radical (unpaired) electrons. The molecule has 110 valence electrons. The van der Waals surface area contributed by atoms with Crippen LogP contribution in [-0.2, 0) is 4.79 Å². The van der Waals surface area contributed by atoms with Crippen LogP contribution in [-0.4, -0.2) is 60.5 Å². The molecule has 0 aromatic rings. The molecule has 0 bridgehead atoms. The Morgan fingerprint density at radius 2 is 1.89 bits per heavy atom. The van der Waals surface area contributed by atoms with Crippen molar-refractivity contribution in [2.75, 3.05) is 20.6 Å². The topological polar surface area (TPSA) is 35.6 Å². The monoisotopic (exact) mass is 267 g/mol. The highest BCUT2D eigenvalue weighted by molar-refractivity contribution is 5.81. The SMILES string of the molecule is CC(C)N(CCC1CCC(C(=O)N(C)C)N1)C1CC1. The molecule has 19 heavy (non-hydrogen) atoms. The highest BCUT2D eigenvalue weighted by Gasteiger charge is 2.33. The fourth-order valence-electron chi connectivity index (χ4n) is 3.13. The normalized spacial score (nSPS) is 27.3. The van der Waals surface area contributed by atoms with Crippen LogP contribution in [0.4, 0.5) is 0 Å². The Morgan fingerprint density at radius 3 is 2.42 bits per heavy atom. The molecule has 1 aliphatic heterocycles. The van der Waals surface area contributed by atoms with Gasteiger partial charge in [0.25, 0.3) is 0 Å². The Balaban J connectivity index is 1.74. The molecule has 1 saturated carbocycles. The van der Waals surface area contributed by atoms with Crippen LogP contribution in [0.3, 0.4) is 0 Å². The van der Waals surface area contributed by atoms with E-state index in [2.05, 4.69) is 24.1 Å². The molecule has 1 heterocycles. The second-order valence-corrected chi connectivity index (χ2v) is 6.58. The summed E-state index contributed by atoms with van der Waals surface area (Å²) >= 11 is 0. The largest absolute Gasteiger partial charge is 0.347 e. The van der Waals surface area contributed by atoms with Crippen molar-refractivity contribution < 1.29 is 4.79 Å². The number of nitrogens with zero attached hydrogens (tertiary/aromatic N) is 2. The van der Waals surface area contributed by atoms with Gasteiger partial charge >= 0.3 is 0 Å². The molecule has 2 atom stereocenters. The zero-order valence-electron chi connectivity index (χ0n) is 12.9. The first kappa shape index (κ1) is 14.8. The third-order valence-electron chi connectivity index (χ3n) is 4.39. The van der Waals surface area contributed by atoms with Crippen LogP contribution in [0.1, 0.15) is 46.0 Å². The highest BCUT2D eigenvalue weighted by Crippen LogP contribution is 2.29. The summed E-state index contributed by atoms with van der Waals surface area (Å²) in [6.45, 7) is 5.75. The van der Waals surface area contributed by atoms with Crippen LogP contribution in [0.15, 0.2) is 0 Å². The molecular formula is C15H29N3O. The molecule has 2 aliphatic rings. The lowest BCUT2D eigenvalue weighted by Gasteiger charge is -2.27. The Hall–Kier alpha value is -0.610. The lowest BCUT2D eigenvalue weighted by molar-refractivity contribution is -0.130. The molecule has 4 nitrogen and oxygen atoms in total. The van der Waals surface area contributed by atoms with Crippen LogP contribution < -0.4 is 5.32 Å². The lowest BCUT2D eigenvalue weighted by Crippen LogP contribution is -2.43. The zero-order valence-corrected chi connectivity index (χ0v) is 12.9. The van der Waals surface area contributed by atoms with Gasteiger partial charge in [0.2, 0.25) is 5.91 Å². The van der Waals surface area contributed by atoms with E-state index in [0.29, 0.717) is 12.1 Å². The van der Waals surface area contributed by atoms with Gasteiger partial charge in [0.1, 0.15) is 0 Å². The Labute approximate surface area is 117 Å². The van der Waals surface area contributed by atoms with Crippen molar-refractivity contribution in [2.45, 2.75) is 70.1 Å². The maximum atomic E-state index is 11.9. The van der Waals surface area contributed by atoms with Crippen molar-refractivity contribution in [2.24, 2.45) is 0 Å². The second-order valence-electron chi connectivity index (χ2n) is 6.58. The van der Waals surface area contributed by atoms with Crippen molar-refractivity contribution in [3.8, 4) is 0 Å². The Bertz CT molecular complexity index is 311. The predicted octanol–water partition coefficient (Wildman–Crippen LogP) is 1.46. The second kappa shape index (κ2) is 6.23.